The molecule has 102 valence electrons. The number of halogens is 1. The van der Waals surface area contributed by atoms with Gasteiger partial charge in [0.15, 0.2) is 5.13 Å². The maximum absolute atomic E-state index is 6.01. The second-order valence-electron chi connectivity index (χ2n) is 4.91. The van der Waals surface area contributed by atoms with Crippen molar-refractivity contribution in [3.63, 3.8) is 0 Å². The summed E-state index contributed by atoms with van der Waals surface area (Å²) in [5.41, 5.74) is 6.91. The number of hydrogen-bond donors (Lipinski definition) is 1. The smallest absolute Gasteiger partial charge is 0.180 e. The van der Waals surface area contributed by atoms with Gasteiger partial charge in [-0.15, -0.1) is 22.7 Å². The Morgan fingerprint density at radius 3 is 3.05 bits per heavy atom. The highest BCUT2D eigenvalue weighted by molar-refractivity contribution is 7.17. The number of likely N-dealkylation sites (tertiary alicyclic amines) is 1. The minimum Gasteiger partial charge on any atom is -0.375 e. The van der Waals surface area contributed by atoms with Gasteiger partial charge in [-0.3, -0.25) is 4.90 Å². The van der Waals surface area contributed by atoms with E-state index in [0.29, 0.717) is 11.2 Å². The Morgan fingerprint density at radius 1 is 1.58 bits per heavy atom. The summed E-state index contributed by atoms with van der Waals surface area (Å²) in [6, 6.07) is 2.63. The zero-order valence-corrected chi connectivity index (χ0v) is 13.1. The van der Waals surface area contributed by atoms with Gasteiger partial charge in [0.25, 0.3) is 0 Å². The molecule has 0 aliphatic carbocycles. The molecule has 3 heterocycles. The SMILES string of the molecule is C[C@H]1CCCN1Cc1sc(N)nc1-c1cc(Cl)cs1. The lowest BCUT2D eigenvalue weighted by Gasteiger charge is -2.20. The molecule has 0 amide bonds. The van der Waals surface area contributed by atoms with Gasteiger partial charge in [-0.1, -0.05) is 11.6 Å². The van der Waals surface area contributed by atoms with Gasteiger partial charge in [-0.05, 0) is 32.4 Å². The van der Waals surface area contributed by atoms with E-state index in [4.69, 9.17) is 17.3 Å². The summed E-state index contributed by atoms with van der Waals surface area (Å²) in [5, 5.41) is 3.35. The standard InChI is InChI=1S/C13H16ClN3S2/c1-8-3-2-4-17(8)6-11-12(16-13(15)19-11)10-5-9(14)7-18-10/h5,7-8H,2-4,6H2,1H3,(H2,15,16)/t8-/m0/s1. The average molecular weight is 314 g/mol. The number of thiazole rings is 1. The number of rotatable bonds is 3. The monoisotopic (exact) mass is 313 g/mol. The molecule has 1 aliphatic heterocycles. The normalized spacial score (nSPS) is 20.2. The van der Waals surface area contributed by atoms with Crippen LogP contribution in [-0.4, -0.2) is 22.5 Å². The van der Waals surface area contributed by atoms with Crippen molar-refractivity contribution in [3.8, 4) is 10.6 Å². The highest BCUT2D eigenvalue weighted by Crippen LogP contribution is 2.36. The predicted octanol–water partition coefficient (Wildman–Crippen LogP) is 4.09. The minimum absolute atomic E-state index is 0.640. The highest BCUT2D eigenvalue weighted by Gasteiger charge is 2.23. The Hall–Kier alpha value is -0.620. The molecule has 1 atom stereocenters. The third-order valence-corrected chi connectivity index (χ3v) is 5.71. The van der Waals surface area contributed by atoms with E-state index in [0.717, 1.165) is 22.1 Å². The maximum atomic E-state index is 6.01. The number of thiophene rings is 1. The van der Waals surface area contributed by atoms with E-state index in [1.807, 2.05) is 11.4 Å². The molecule has 2 aromatic rings. The fourth-order valence-corrected chi connectivity index (χ4v) is 4.55. The van der Waals surface area contributed by atoms with Gasteiger partial charge in [-0.2, -0.15) is 0 Å². The molecular weight excluding hydrogens is 298 g/mol. The number of aromatic nitrogens is 1. The molecule has 0 unspecified atom stereocenters. The van der Waals surface area contributed by atoms with E-state index in [-0.39, 0.29) is 0 Å². The van der Waals surface area contributed by atoms with Crippen LogP contribution in [0.15, 0.2) is 11.4 Å². The summed E-state index contributed by atoms with van der Waals surface area (Å²) in [7, 11) is 0. The molecule has 0 radical (unpaired) electrons. The lowest BCUT2D eigenvalue weighted by atomic mass is 10.2. The second-order valence-corrected chi connectivity index (χ2v) is 7.38. The van der Waals surface area contributed by atoms with Crippen molar-refractivity contribution in [2.45, 2.75) is 32.4 Å². The zero-order valence-electron chi connectivity index (χ0n) is 10.7. The Balaban J connectivity index is 1.89. The molecule has 6 heteroatoms. The first-order chi connectivity index (χ1) is 9.13. The number of nitrogens with two attached hydrogens (primary N) is 1. The van der Waals surface area contributed by atoms with Gasteiger partial charge in [0.05, 0.1) is 15.6 Å². The van der Waals surface area contributed by atoms with E-state index in [1.165, 1.54) is 24.3 Å². The van der Waals surface area contributed by atoms with Crippen LogP contribution in [0.4, 0.5) is 5.13 Å². The average Bonchev–Trinajstić information content (AvgIpc) is 3.03. The lowest BCUT2D eigenvalue weighted by molar-refractivity contribution is 0.263. The lowest BCUT2D eigenvalue weighted by Crippen LogP contribution is -2.25. The van der Waals surface area contributed by atoms with E-state index in [1.54, 1.807) is 22.7 Å². The summed E-state index contributed by atoms with van der Waals surface area (Å²) in [6.45, 7) is 4.41. The molecule has 2 N–H and O–H groups in total. The van der Waals surface area contributed by atoms with Crippen LogP contribution in [0.2, 0.25) is 5.02 Å². The topological polar surface area (TPSA) is 42.1 Å². The summed E-state index contributed by atoms with van der Waals surface area (Å²) >= 11 is 9.23. The van der Waals surface area contributed by atoms with Crippen LogP contribution in [0.25, 0.3) is 10.6 Å². The number of anilines is 1. The Kier molecular flexibility index (Phi) is 3.80. The van der Waals surface area contributed by atoms with Gasteiger partial charge in [-0.25, -0.2) is 4.98 Å². The molecule has 3 rings (SSSR count). The zero-order chi connectivity index (χ0) is 13.4. The molecule has 0 aromatic carbocycles. The molecule has 1 fully saturated rings. The van der Waals surface area contributed by atoms with Crippen molar-refractivity contribution in [1.82, 2.24) is 9.88 Å². The van der Waals surface area contributed by atoms with Crippen LogP contribution in [-0.2, 0) is 6.54 Å². The largest absolute Gasteiger partial charge is 0.375 e. The fraction of sp³-hybridized carbons (Fsp3) is 0.462. The summed E-state index contributed by atoms with van der Waals surface area (Å²) < 4.78 is 0. The molecule has 2 aromatic heterocycles. The molecule has 0 spiro atoms. The van der Waals surface area contributed by atoms with Crippen LogP contribution >= 0.6 is 34.3 Å². The number of nitrogen functional groups attached to an aromatic ring is 1. The van der Waals surface area contributed by atoms with E-state index in [9.17, 15) is 0 Å². The van der Waals surface area contributed by atoms with Crippen molar-refractivity contribution in [1.29, 1.82) is 0 Å². The fourth-order valence-electron chi connectivity index (χ4n) is 2.52. The molecular formula is C13H16ClN3S2. The van der Waals surface area contributed by atoms with Crippen molar-refractivity contribution >= 4 is 39.4 Å². The Morgan fingerprint density at radius 2 is 2.42 bits per heavy atom. The van der Waals surface area contributed by atoms with Crippen LogP contribution in [0, 0.1) is 0 Å². The molecule has 0 saturated carbocycles. The number of hydrogen-bond acceptors (Lipinski definition) is 5. The van der Waals surface area contributed by atoms with Crippen LogP contribution in [0.3, 0.4) is 0 Å². The third kappa shape index (κ3) is 2.79. The molecule has 19 heavy (non-hydrogen) atoms. The molecule has 1 saturated heterocycles. The first kappa shape index (κ1) is 13.4. The maximum Gasteiger partial charge on any atom is 0.180 e. The van der Waals surface area contributed by atoms with E-state index >= 15 is 0 Å². The van der Waals surface area contributed by atoms with Crippen molar-refractivity contribution in [2.75, 3.05) is 12.3 Å². The van der Waals surface area contributed by atoms with Gasteiger partial charge < -0.3 is 5.73 Å². The van der Waals surface area contributed by atoms with Gasteiger partial charge >= 0.3 is 0 Å². The Bertz CT molecular complexity index is 578. The quantitative estimate of drug-likeness (QED) is 0.928. The summed E-state index contributed by atoms with van der Waals surface area (Å²) in [5.74, 6) is 0. The second kappa shape index (κ2) is 5.40. The molecule has 1 aliphatic rings. The van der Waals surface area contributed by atoms with Crippen LogP contribution in [0.5, 0.6) is 0 Å². The van der Waals surface area contributed by atoms with Gasteiger partial charge in [0.1, 0.15) is 0 Å². The first-order valence-electron chi connectivity index (χ1n) is 6.37. The number of nitrogens with zero attached hydrogens (tertiary/aromatic N) is 2. The molecule has 3 nitrogen and oxygen atoms in total. The van der Waals surface area contributed by atoms with E-state index in [2.05, 4.69) is 16.8 Å². The van der Waals surface area contributed by atoms with Gasteiger partial charge in [0, 0.05) is 22.8 Å². The predicted molar refractivity (Wildman–Crippen MR) is 84.0 cm³/mol. The third-order valence-electron chi connectivity index (χ3n) is 3.55. The van der Waals surface area contributed by atoms with Crippen molar-refractivity contribution < 1.29 is 0 Å². The highest BCUT2D eigenvalue weighted by atomic mass is 35.5. The summed E-state index contributed by atoms with van der Waals surface area (Å²) in [4.78, 5) is 9.35. The minimum atomic E-state index is 0.640. The van der Waals surface area contributed by atoms with Crippen LogP contribution < -0.4 is 5.73 Å². The Labute approximate surface area is 126 Å². The van der Waals surface area contributed by atoms with Crippen molar-refractivity contribution in [2.24, 2.45) is 0 Å². The first-order valence-corrected chi connectivity index (χ1v) is 8.44. The molecule has 0 bridgehead atoms. The van der Waals surface area contributed by atoms with Crippen molar-refractivity contribution in [3.05, 3.63) is 21.3 Å². The van der Waals surface area contributed by atoms with Crippen LogP contribution in [0.1, 0.15) is 24.6 Å². The van der Waals surface area contributed by atoms with Gasteiger partial charge in [0.2, 0.25) is 0 Å². The summed E-state index contributed by atoms with van der Waals surface area (Å²) in [6.07, 6.45) is 2.57. The van der Waals surface area contributed by atoms with E-state index < -0.39 is 0 Å².